The minimum Gasteiger partial charge on any atom is -0.449 e. The van der Waals surface area contributed by atoms with Crippen molar-refractivity contribution in [3.63, 3.8) is 0 Å². The van der Waals surface area contributed by atoms with Gasteiger partial charge < -0.3 is 14.5 Å². The number of oxazole rings is 1. The minimum atomic E-state index is -1.09. The molecule has 5 aromatic rings. The van der Waals surface area contributed by atoms with Gasteiger partial charge in [0.2, 0.25) is 5.89 Å². The summed E-state index contributed by atoms with van der Waals surface area (Å²) >= 11 is 12.1. The first-order valence-electron chi connectivity index (χ1n) is 10.8. The van der Waals surface area contributed by atoms with E-state index in [2.05, 4.69) is 10.3 Å². The maximum absolute atomic E-state index is 13.2. The van der Waals surface area contributed by atoms with Crippen molar-refractivity contribution in [1.82, 2.24) is 4.98 Å². The molecule has 0 saturated carbocycles. The van der Waals surface area contributed by atoms with E-state index in [4.69, 9.17) is 32.4 Å². The van der Waals surface area contributed by atoms with Crippen molar-refractivity contribution >= 4 is 62.6 Å². The van der Waals surface area contributed by atoms with Crippen molar-refractivity contribution in [2.45, 2.75) is 13.0 Å². The number of halogens is 2. The van der Waals surface area contributed by atoms with Gasteiger partial charge in [-0.1, -0.05) is 59.6 Å². The molecule has 6 nitrogen and oxygen atoms in total. The molecule has 0 spiro atoms. The number of aromatic nitrogens is 1. The average Bonchev–Trinajstić information content (AvgIpc) is 3.29. The fourth-order valence-corrected chi connectivity index (χ4v) is 4.12. The number of hydrogen-bond acceptors (Lipinski definition) is 5. The molecule has 8 heteroatoms. The Morgan fingerprint density at radius 1 is 0.971 bits per heavy atom. The topological polar surface area (TPSA) is 81.4 Å². The van der Waals surface area contributed by atoms with Crippen LogP contribution in [-0.4, -0.2) is 23.0 Å². The van der Waals surface area contributed by atoms with Gasteiger partial charge in [0.05, 0.1) is 16.3 Å². The Labute approximate surface area is 210 Å². The lowest BCUT2D eigenvalue weighted by atomic mass is 9.99. The van der Waals surface area contributed by atoms with Gasteiger partial charge >= 0.3 is 5.97 Å². The second-order valence-corrected chi connectivity index (χ2v) is 8.70. The number of benzene rings is 4. The minimum absolute atomic E-state index is 0.292. The number of carbonyl (C=O) groups is 2. The molecular formula is C27H18Cl2N2O4. The van der Waals surface area contributed by atoms with Crippen LogP contribution in [0, 0.1) is 0 Å². The number of amides is 1. The van der Waals surface area contributed by atoms with Gasteiger partial charge in [-0.25, -0.2) is 9.78 Å². The van der Waals surface area contributed by atoms with E-state index < -0.39 is 18.0 Å². The first-order valence-corrected chi connectivity index (χ1v) is 11.5. The van der Waals surface area contributed by atoms with E-state index >= 15 is 0 Å². The van der Waals surface area contributed by atoms with Gasteiger partial charge in [0.25, 0.3) is 5.91 Å². The largest absolute Gasteiger partial charge is 0.449 e. The van der Waals surface area contributed by atoms with Crippen LogP contribution in [0.2, 0.25) is 10.0 Å². The summed E-state index contributed by atoms with van der Waals surface area (Å²) in [7, 11) is 0. The Kier molecular flexibility index (Phi) is 6.16. The number of nitrogens with zero attached hydrogens (tertiary/aromatic N) is 1. The van der Waals surface area contributed by atoms with Crippen molar-refractivity contribution in [2.24, 2.45) is 0 Å². The van der Waals surface area contributed by atoms with Gasteiger partial charge in [-0.3, -0.25) is 4.79 Å². The maximum Gasteiger partial charge on any atom is 0.339 e. The third kappa shape index (κ3) is 4.58. The van der Waals surface area contributed by atoms with Crippen LogP contribution in [0.5, 0.6) is 0 Å². The summed E-state index contributed by atoms with van der Waals surface area (Å²) in [4.78, 5) is 30.5. The summed E-state index contributed by atoms with van der Waals surface area (Å²) in [6.07, 6.45) is -1.09. The van der Waals surface area contributed by atoms with Crippen LogP contribution in [0.15, 0.2) is 83.3 Å². The highest BCUT2D eigenvalue weighted by Gasteiger charge is 2.23. The van der Waals surface area contributed by atoms with E-state index in [9.17, 15) is 9.59 Å². The van der Waals surface area contributed by atoms with Gasteiger partial charge in [0, 0.05) is 16.0 Å². The Balaban J connectivity index is 1.46. The predicted octanol–water partition coefficient (Wildman–Crippen LogP) is 7.14. The van der Waals surface area contributed by atoms with E-state index in [0.717, 1.165) is 5.39 Å². The molecule has 5 rings (SSSR count). The van der Waals surface area contributed by atoms with Crippen molar-refractivity contribution in [3.05, 3.63) is 94.5 Å². The van der Waals surface area contributed by atoms with Gasteiger partial charge in [-0.15, -0.1) is 0 Å². The molecule has 1 N–H and O–H groups in total. The fourth-order valence-electron chi connectivity index (χ4n) is 3.78. The molecule has 4 aromatic carbocycles. The van der Waals surface area contributed by atoms with Crippen LogP contribution in [0.4, 0.5) is 5.69 Å². The van der Waals surface area contributed by atoms with E-state index in [1.54, 1.807) is 24.3 Å². The summed E-state index contributed by atoms with van der Waals surface area (Å²) in [5.74, 6) is -0.806. The van der Waals surface area contributed by atoms with Crippen LogP contribution >= 0.6 is 23.2 Å². The summed E-state index contributed by atoms with van der Waals surface area (Å²) in [5, 5.41) is 4.80. The monoisotopic (exact) mass is 504 g/mol. The van der Waals surface area contributed by atoms with Crippen LogP contribution in [0.3, 0.4) is 0 Å². The highest BCUT2D eigenvalue weighted by molar-refractivity contribution is 6.35. The van der Waals surface area contributed by atoms with E-state index in [1.165, 1.54) is 13.0 Å². The summed E-state index contributed by atoms with van der Waals surface area (Å²) in [6.45, 7) is 1.48. The molecule has 0 saturated heterocycles. The number of esters is 1. The zero-order valence-corrected chi connectivity index (χ0v) is 19.9. The van der Waals surface area contributed by atoms with Crippen molar-refractivity contribution in [3.8, 4) is 11.5 Å². The molecule has 1 heterocycles. The van der Waals surface area contributed by atoms with Crippen LogP contribution < -0.4 is 5.32 Å². The third-order valence-corrected chi connectivity index (χ3v) is 6.05. The standard InChI is InChI=1S/C27H18Cl2N2O4/c1-15(25(32)30-22-14-17(28)12-13-20(22)29)34-27(33)19-9-5-7-16-6-4-8-18(24(16)19)26-31-21-10-2-3-11-23(21)35-26/h2-15H,1H3,(H,30,32). The highest BCUT2D eigenvalue weighted by atomic mass is 35.5. The highest BCUT2D eigenvalue weighted by Crippen LogP contribution is 2.33. The summed E-state index contributed by atoms with van der Waals surface area (Å²) in [5.41, 5.74) is 2.62. The fraction of sp³-hybridized carbons (Fsp3) is 0.0741. The van der Waals surface area contributed by atoms with Crippen molar-refractivity contribution in [2.75, 3.05) is 5.32 Å². The van der Waals surface area contributed by atoms with Crippen LogP contribution in [0.25, 0.3) is 33.3 Å². The molecule has 1 atom stereocenters. The Hall–Kier alpha value is -3.87. The van der Waals surface area contributed by atoms with E-state index in [-0.39, 0.29) is 0 Å². The Morgan fingerprint density at radius 2 is 1.74 bits per heavy atom. The number of fused-ring (bicyclic) bond motifs is 2. The summed E-state index contributed by atoms with van der Waals surface area (Å²) < 4.78 is 11.5. The zero-order chi connectivity index (χ0) is 24.5. The number of para-hydroxylation sites is 2. The molecule has 0 aliphatic rings. The van der Waals surface area contributed by atoms with Gasteiger partial charge in [-0.2, -0.15) is 0 Å². The SMILES string of the molecule is CC(OC(=O)c1cccc2cccc(-c3nc4ccccc4o3)c12)C(=O)Nc1cc(Cl)ccc1Cl. The lowest BCUT2D eigenvalue weighted by Crippen LogP contribution is -2.30. The third-order valence-electron chi connectivity index (χ3n) is 5.49. The smallest absolute Gasteiger partial charge is 0.339 e. The molecule has 0 fully saturated rings. The number of hydrogen-bond donors (Lipinski definition) is 1. The second-order valence-electron chi connectivity index (χ2n) is 7.86. The molecule has 1 amide bonds. The molecular weight excluding hydrogens is 487 g/mol. The van der Waals surface area contributed by atoms with Crippen LogP contribution in [-0.2, 0) is 9.53 Å². The first-order chi connectivity index (χ1) is 16.9. The molecule has 0 aliphatic carbocycles. The van der Waals surface area contributed by atoms with Gasteiger partial charge in [-0.05, 0) is 54.8 Å². The molecule has 174 valence electrons. The number of carbonyl (C=O) groups excluding carboxylic acids is 2. The van der Waals surface area contributed by atoms with Crippen molar-refractivity contribution < 1.29 is 18.7 Å². The summed E-state index contributed by atoms with van der Waals surface area (Å²) in [6, 6.07) is 23.0. The average molecular weight is 505 g/mol. The van der Waals surface area contributed by atoms with Gasteiger partial charge in [0.1, 0.15) is 5.52 Å². The number of nitrogens with one attached hydrogen (secondary N) is 1. The molecule has 0 aliphatic heterocycles. The molecule has 1 aromatic heterocycles. The Morgan fingerprint density at radius 3 is 2.54 bits per heavy atom. The molecule has 0 radical (unpaired) electrons. The van der Waals surface area contributed by atoms with Crippen LogP contribution in [0.1, 0.15) is 17.3 Å². The predicted molar refractivity (Wildman–Crippen MR) is 137 cm³/mol. The molecule has 0 bridgehead atoms. The maximum atomic E-state index is 13.2. The molecule has 1 unspecified atom stereocenters. The molecule has 35 heavy (non-hydrogen) atoms. The van der Waals surface area contributed by atoms with Gasteiger partial charge in [0.15, 0.2) is 11.7 Å². The quantitative estimate of drug-likeness (QED) is 0.257. The normalized spacial score (nSPS) is 12.0. The lowest BCUT2D eigenvalue weighted by molar-refractivity contribution is -0.123. The lowest BCUT2D eigenvalue weighted by Gasteiger charge is -2.16. The zero-order valence-electron chi connectivity index (χ0n) is 18.4. The van der Waals surface area contributed by atoms with Crippen molar-refractivity contribution in [1.29, 1.82) is 0 Å². The first kappa shape index (κ1) is 22.9. The Bertz CT molecular complexity index is 1560. The van der Waals surface area contributed by atoms with E-state index in [1.807, 2.05) is 48.5 Å². The number of anilines is 1. The number of rotatable bonds is 5. The number of ether oxygens (including phenoxy) is 1. The second kappa shape index (κ2) is 9.41. The van der Waals surface area contributed by atoms with E-state index in [0.29, 0.717) is 49.2 Å².